The summed E-state index contributed by atoms with van der Waals surface area (Å²) in [6.45, 7) is 11.0. The minimum atomic E-state index is -1.15. The van der Waals surface area contributed by atoms with E-state index in [1.807, 2.05) is 6.07 Å². The van der Waals surface area contributed by atoms with Crippen LogP contribution in [0.3, 0.4) is 0 Å². The molecule has 0 aliphatic heterocycles. The van der Waals surface area contributed by atoms with Crippen LogP contribution >= 0.6 is 7.26 Å². The normalized spacial score (nSPS) is 16.2. The number of nitrogens with one attached hydrogen (secondary N) is 1. The van der Waals surface area contributed by atoms with Crippen molar-refractivity contribution in [1.82, 2.24) is 0 Å². The number of rotatable bonds is 4. The summed E-state index contributed by atoms with van der Waals surface area (Å²) in [6, 6.07) is 6.15. The Morgan fingerprint density at radius 3 is 2.15 bits per heavy atom. The van der Waals surface area contributed by atoms with Gasteiger partial charge in [0.15, 0.2) is 5.16 Å². The maximum absolute atomic E-state index is 12.7. The molecule has 2 nitrogen and oxygen atoms in total. The van der Waals surface area contributed by atoms with Crippen LogP contribution in [0.25, 0.3) is 0 Å². The fourth-order valence-corrected chi connectivity index (χ4v) is 5.30. The second-order valence-electron chi connectivity index (χ2n) is 6.25. The number of aryl methyl sites for hydroxylation is 2. The number of amides is 1. The molecule has 0 atom stereocenters. The molecule has 0 heterocycles. The van der Waals surface area contributed by atoms with E-state index in [0.717, 1.165) is 35.8 Å². The number of benzene rings is 1. The van der Waals surface area contributed by atoms with Crippen LogP contribution in [-0.4, -0.2) is 30.6 Å². The predicted octanol–water partition coefficient (Wildman–Crippen LogP) is 4.07. The van der Waals surface area contributed by atoms with Gasteiger partial charge in [-0.25, -0.2) is 0 Å². The summed E-state index contributed by atoms with van der Waals surface area (Å²) in [6.07, 6.45) is 3.28. The van der Waals surface area contributed by atoms with E-state index in [1.54, 1.807) is 0 Å². The summed E-state index contributed by atoms with van der Waals surface area (Å²) < 4.78 is 0. The molecule has 1 N–H and O–H groups in total. The third-order valence-electron chi connectivity index (χ3n) is 4.82. The molecule has 1 aromatic rings. The van der Waals surface area contributed by atoms with Crippen LogP contribution in [0.1, 0.15) is 30.9 Å². The van der Waals surface area contributed by atoms with Crippen molar-refractivity contribution in [3.05, 3.63) is 29.3 Å². The van der Waals surface area contributed by atoms with E-state index in [1.165, 1.54) is 0 Å². The first-order valence-corrected chi connectivity index (χ1v) is 9.92. The van der Waals surface area contributed by atoms with Crippen LogP contribution in [0.4, 0.5) is 5.69 Å². The van der Waals surface area contributed by atoms with E-state index < -0.39 is 7.26 Å². The zero-order valence-corrected chi connectivity index (χ0v) is 17.0. The molecule has 4 heteroatoms. The van der Waals surface area contributed by atoms with Crippen molar-refractivity contribution in [2.75, 3.05) is 24.8 Å². The summed E-state index contributed by atoms with van der Waals surface area (Å²) in [5.74, 6) is 0.255. The number of hydrogen-bond donors (Lipinski definition) is 1. The summed E-state index contributed by atoms with van der Waals surface area (Å²) in [4.78, 5) is 12.7. The molecular formula is C16H25NOPY+. The Kier molecular flexibility index (Phi) is 5.98. The summed E-state index contributed by atoms with van der Waals surface area (Å²) in [5, 5.41) is 3.17. The molecule has 0 spiro atoms. The smallest absolute Gasteiger partial charge is 0.268 e. The van der Waals surface area contributed by atoms with Crippen LogP contribution < -0.4 is 5.32 Å². The largest absolute Gasteiger partial charge is 0.322 e. The zero-order chi connectivity index (χ0) is 14.3. The Morgan fingerprint density at radius 1 is 1.25 bits per heavy atom. The van der Waals surface area contributed by atoms with Crippen molar-refractivity contribution < 1.29 is 37.5 Å². The third kappa shape index (κ3) is 3.18. The Hall–Kier alpha value is 0.224. The van der Waals surface area contributed by atoms with Crippen molar-refractivity contribution in [2.24, 2.45) is 0 Å². The van der Waals surface area contributed by atoms with Crippen LogP contribution in [0.5, 0.6) is 0 Å². The van der Waals surface area contributed by atoms with Gasteiger partial charge in [0.05, 0.1) is 6.16 Å². The van der Waals surface area contributed by atoms with Crippen molar-refractivity contribution in [1.29, 1.82) is 0 Å². The number of para-hydroxylation sites is 1. The van der Waals surface area contributed by atoms with Crippen LogP contribution in [0.2, 0.25) is 0 Å². The number of carbonyl (C=O) groups excluding carboxylic acids is 1. The van der Waals surface area contributed by atoms with Gasteiger partial charge < -0.3 is 5.32 Å². The molecule has 1 saturated carbocycles. The third-order valence-corrected chi connectivity index (χ3v) is 9.36. The molecule has 1 aliphatic carbocycles. The standard InChI is InChI=1S/C16H24NOP.Y/c1-6-19(4,5)16(10-11-16)15(18)17-14-12(2)8-7-9-13(14)3;/h7-9H,6,10-11H2,1-5H3;/p+1. The minimum Gasteiger partial charge on any atom is -0.322 e. The summed E-state index contributed by atoms with van der Waals surface area (Å²) in [5.41, 5.74) is 3.31. The van der Waals surface area contributed by atoms with Gasteiger partial charge in [-0.15, -0.1) is 0 Å². The Balaban J connectivity index is 0.00000200. The molecular weight excluding hydrogens is 342 g/mol. The van der Waals surface area contributed by atoms with Crippen LogP contribution in [-0.2, 0) is 37.5 Å². The minimum absolute atomic E-state index is 0. The van der Waals surface area contributed by atoms with E-state index in [9.17, 15) is 4.79 Å². The molecule has 1 fully saturated rings. The van der Waals surface area contributed by atoms with Crippen molar-refractivity contribution in [3.63, 3.8) is 0 Å². The van der Waals surface area contributed by atoms with Crippen molar-refractivity contribution >= 4 is 18.9 Å². The maximum Gasteiger partial charge on any atom is 0.268 e. The number of anilines is 1. The SMILES string of the molecule is CC[P+](C)(C)C1(C(=O)Nc2c(C)cccc2C)CC1.[Y]. The van der Waals surface area contributed by atoms with E-state index in [-0.39, 0.29) is 43.8 Å². The molecule has 20 heavy (non-hydrogen) atoms. The topological polar surface area (TPSA) is 29.1 Å². The average molecular weight is 367 g/mol. The first-order chi connectivity index (χ1) is 8.84. The first kappa shape index (κ1) is 18.3. The van der Waals surface area contributed by atoms with E-state index in [2.05, 4.69) is 51.6 Å². The molecule has 2 rings (SSSR count). The van der Waals surface area contributed by atoms with Gasteiger partial charge in [-0.1, -0.05) is 18.2 Å². The zero-order valence-electron chi connectivity index (χ0n) is 13.3. The van der Waals surface area contributed by atoms with Gasteiger partial charge in [0, 0.05) is 71.8 Å². The fourth-order valence-electron chi connectivity index (χ4n) is 2.77. The van der Waals surface area contributed by atoms with Gasteiger partial charge in [-0.2, -0.15) is 0 Å². The molecule has 107 valence electrons. The van der Waals surface area contributed by atoms with Crippen LogP contribution in [0.15, 0.2) is 18.2 Å². The molecule has 1 aromatic carbocycles. The van der Waals surface area contributed by atoms with E-state index in [4.69, 9.17) is 0 Å². The van der Waals surface area contributed by atoms with Gasteiger partial charge in [-0.05, 0) is 31.9 Å². The van der Waals surface area contributed by atoms with Gasteiger partial charge >= 0.3 is 0 Å². The van der Waals surface area contributed by atoms with Crippen LogP contribution in [0, 0.1) is 13.8 Å². The van der Waals surface area contributed by atoms with Crippen molar-refractivity contribution in [2.45, 2.75) is 38.8 Å². The molecule has 1 aliphatic rings. The van der Waals surface area contributed by atoms with Gasteiger partial charge in [-0.3, -0.25) is 4.79 Å². The fraction of sp³-hybridized carbons (Fsp3) is 0.562. The maximum atomic E-state index is 12.7. The number of hydrogen-bond acceptors (Lipinski definition) is 1. The second-order valence-corrected chi connectivity index (χ2v) is 11.1. The molecule has 0 saturated heterocycles. The molecule has 0 unspecified atom stereocenters. The monoisotopic (exact) mass is 367 g/mol. The predicted molar refractivity (Wildman–Crippen MR) is 85.8 cm³/mol. The van der Waals surface area contributed by atoms with Gasteiger partial charge in [0.1, 0.15) is 0 Å². The quantitative estimate of drug-likeness (QED) is 0.799. The van der Waals surface area contributed by atoms with E-state index in [0.29, 0.717) is 0 Å². The Morgan fingerprint density at radius 2 is 1.75 bits per heavy atom. The van der Waals surface area contributed by atoms with Crippen molar-refractivity contribution in [3.8, 4) is 0 Å². The number of carbonyl (C=O) groups is 1. The summed E-state index contributed by atoms with van der Waals surface area (Å²) >= 11 is 0. The summed E-state index contributed by atoms with van der Waals surface area (Å²) in [7, 11) is -1.15. The Bertz CT molecular complexity index is 489. The first-order valence-electron chi connectivity index (χ1n) is 7.05. The average Bonchev–Trinajstić information content (AvgIpc) is 3.15. The molecule has 1 amide bonds. The molecule has 0 aromatic heterocycles. The molecule has 0 bridgehead atoms. The Labute approximate surface area is 148 Å². The van der Waals surface area contributed by atoms with E-state index >= 15 is 0 Å². The van der Waals surface area contributed by atoms with Gasteiger partial charge in [0.2, 0.25) is 0 Å². The molecule has 1 radical (unpaired) electrons. The van der Waals surface area contributed by atoms with Gasteiger partial charge in [0.25, 0.3) is 5.91 Å². The second kappa shape index (κ2) is 6.55.